The van der Waals surface area contributed by atoms with E-state index in [1.807, 2.05) is 37.4 Å². The van der Waals surface area contributed by atoms with E-state index in [9.17, 15) is 4.79 Å². The molecule has 0 radical (unpaired) electrons. The zero-order valence-corrected chi connectivity index (χ0v) is 12.1. The average Bonchev–Trinajstić information content (AvgIpc) is 2.45. The highest BCUT2D eigenvalue weighted by atomic mass is 16.2. The van der Waals surface area contributed by atoms with Crippen molar-refractivity contribution in [1.82, 2.24) is 15.5 Å². The van der Waals surface area contributed by atoms with Crippen LogP contribution in [0.1, 0.15) is 25.5 Å². The molecular formula is C15H25N3O. The number of nitrogens with zero attached hydrogens (tertiary/aromatic N) is 1. The fraction of sp³-hybridized carbons (Fsp3) is 0.533. The monoisotopic (exact) mass is 263 g/mol. The normalized spacial score (nSPS) is 12.4. The fourth-order valence-electron chi connectivity index (χ4n) is 2.16. The van der Waals surface area contributed by atoms with E-state index < -0.39 is 0 Å². The number of likely N-dealkylation sites (N-methyl/N-ethyl adjacent to an activating group) is 2. The van der Waals surface area contributed by atoms with Crippen molar-refractivity contribution in [2.45, 2.75) is 19.9 Å². The van der Waals surface area contributed by atoms with Gasteiger partial charge in [-0.2, -0.15) is 0 Å². The summed E-state index contributed by atoms with van der Waals surface area (Å²) in [5.41, 5.74) is 1.05. The van der Waals surface area contributed by atoms with E-state index in [0.29, 0.717) is 6.54 Å². The van der Waals surface area contributed by atoms with Gasteiger partial charge in [0.2, 0.25) is 5.91 Å². The minimum Gasteiger partial charge on any atom is -0.353 e. The van der Waals surface area contributed by atoms with Crippen LogP contribution in [0.2, 0.25) is 0 Å². The summed E-state index contributed by atoms with van der Waals surface area (Å²) < 4.78 is 0. The summed E-state index contributed by atoms with van der Waals surface area (Å²) in [7, 11) is 1.88. The maximum atomic E-state index is 12.4. The average molecular weight is 263 g/mol. The summed E-state index contributed by atoms with van der Waals surface area (Å²) in [4.78, 5) is 14.6. The van der Waals surface area contributed by atoms with Crippen molar-refractivity contribution in [3.05, 3.63) is 35.9 Å². The third kappa shape index (κ3) is 4.65. The molecule has 1 aromatic carbocycles. The number of carbonyl (C=O) groups excluding carboxylic acids is 1. The third-order valence-corrected chi connectivity index (χ3v) is 3.22. The van der Waals surface area contributed by atoms with Gasteiger partial charge in [-0.05, 0) is 25.7 Å². The molecule has 0 aliphatic rings. The quantitative estimate of drug-likeness (QED) is 0.697. The van der Waals surface area contributed by atoms with Crippen LogP contribution in [0.5, 0.6) is 0 Å². The van der Waals surface area contributed by atoms with Gasteiger partial charge in [0.25, 0.3) is 0 Å². The second-order valence-electron chi connectivity index (χ2n) is 4.43. The molecule has 0 saturated carbocycles. The Balaban J connectivity index is 2.83. The van der Waals surface area contributed by atoms with Crippen LogP contribution in [-0.4, -0.2) is 44.0 Å². The lowest BCUT2D eigenvalue weighted by Gasteiger charge is -2.29. The molecule has 1 amide bonds. The van der Waals surface area contributed by atoms with Crippen molar-refractivity contribution in [2.24, 2.45) is 0 Å². The number of nitrogens with one attached hydrogen (secondary N) is 2. The lowest BCUT2D eigenvalue weighted by Crippen LogP contribution is -2.42. The van der Waals surface area contributed by atoms with Crippen LogP contribution < -0.4 is 10.6 Å². The Labute approximate surface area is 116 Å². The topological polar surface area (TPSA) is 44.4 Å². The van der Waals surface area contributed by atoms with Crippen LogP contribution in [0, 0.1) is 0 Å². The molecule has 0 aliphatic carbocycles. The molecule has 0 aliphatic heterocycles. The molecule has 0 bridgehead atoms. The molecule has 19 heavy (non-hydrogen) atoms. The van der Waals surface area contributed by atoms with Gasteiger partial charge in [-0.25, -0.2) is 0 Å². The first-order valence-corrected chi connectivity index (χ1v) is 6.95. The molecule has 0 fully saturated rings. The van der Waals surface area contributed by atoms with Crippen molar-refractivity contribution in [2.75, 3.05) is 33.2 Å². The molecule has 2 N–H and O–H groups in total. The first-order valence-electron chi connectivity index (χ1n) is 6.95. The highest BCUT2D eigenvalue weighted by molar-refractivity contribution is 5.83. The molecule has 1 aromatic rings. The van der Waals surface area contributed by atoms with Crippen molar-refractivity contribution >= 4 is 5.91 Å². The summed E-state index contributed by atoms with van der Waals surface area (Å²) in [5, 5.41) is 6.02. The second kappa shape index (κ2) is 8.67. The summed E-state index contributed by atoms with van der Waals surface area (Å²) >= 11 is 0. The summed E-state index contributed by atoms with van der Waals surface area (Å²) in [6.07, 6.45) is 0. The van der Waals surface area contributed by atoms with Crippen LogP contribution in [0.4, 0.5) is 0 Å². The number of rotatable bonds is 8. The molecule has 0 heterocycles. The van der Waals surface area contributed by atoms with Crippen LogP contribution in [0.25, 0.3) is 0 Å². The highest BCUT2D eigenvalue weighted by Gasteiger charge is 2.25. The van der Waals surface area contributed by atoms with Crippen LogP contribution >= 0.6 is 0 Å². The largest absolute Gasteiger partial charge is 0.353 e. The Bertz CT molecular complexity index is 363. The standard InChI is InChI=1S/C15H25N3O/c1-4-18(5-2)14(13-9-7-6-8-10-13)15(19)17-12-11-16-3/h6-10,14,16H,4-5,11-12H2,1-3H3,(H,17,19). The van der Waals surface area contributed by atoms with E-state index in [2.05, 4.69) is 29.4 Å². The maximum Gasteiger partial charge on any atom is 0.242 e. The number of benzene rings is 1. The Morgan fingerprint density at radius 3 is 2.32 bits per heavy atom. The minimum absolute atomic E-state index is 0.0742. The lowest BCUT2D eigenvalue weighted by atomic mass is 10.0. The Kier molecular flexibility index (Phi) is 7.15. The third-order valence-electron chi connectivity index (χ3n) is 3.22. The van der Waals surface area contributed by atoms with E-state index in [0.717, 1.165) is 25.2 Å². The van der Waals surface area contributed by atoms with Crippen molar-refractivity contribution in [3.8, 4) is 0 Å². The number of hydrogen-bond donors (Lipinski definition) is 2. The van der Waals surface area contributed by atoms with Crippen molar-refractivity contribution in [1.29, 1.82) is 0 Å². The molecule has 0 saturated heterocycles. The Morgan fingerprint density at radius 1 is 1.16 bits per heavy atom. The van der Waals surface area contributed by atoms with Crippen LogP contribution in [0.15, 0.2) is 30.3 Å². The molecule has 106 valence electrons. The summed E-state index contributed by atoms with van der Waals surface area (Å²) in [5.74, 6) is 0.0742. The van der Waals surface area contributed by atoms with Gasteiger partial charge in [0, 0.05) is 13.1 Å². The molecule has 1 rings (SSSR count). The fourth-order valence-corrected chi connectivity index (χ4v) is 2.16. The first-order chi connectivity index (χ1) is 9.24. The Morgan fingerprint density at radius 2 is 1.79 bits per heavy atom. The van der Waals surface area contributed by atoms with E-state index >= 15 is 0 Å². The number of amides is 1. The van der Waals surface area contributed by atoms with Gasteiger partial charge in [0.1, 0.15) is 6.04 Å². The second-order valence-corrected chi connectivity index (χ2v) is 4.43. The van der Waals surface area contributed by atoms with Gasteiger partial charge in [-0.1, -0.05) is 44.2 Å². The predicted octanol–water partition coefficient (Wildman–Crippen LogP) is 1.41. The van der Waals surface area contributed by atoms with Gasteiger partial charge in [-0.3, -0.25) is 9.69 Å². The van der Waals surface area contributed by atoms with E-state index in [1.165, 1.54) is 0 Å². The molecule has 0 spiro atoms. The SMILES string of the molecule is CCN(CC)C(C(=O)NCCNC)c1ccccc1. The van der Waals surface area contributed by atoms with Gasteiger partial charge in [-0.15, -0.1) is 0 Å². The molecule has 1 unspecified atom stereocenters. The minimum atomic E-state index is -0.201. The highest BCUT2D eigenvalue weighted by Crippen LogP contribution is 2.20. The maximum absolute atomic E-state index is 12.4. The van der Waals surface area contributed by atoms with E-state index in [4.69, 9.17) is 0 Å². The predicted molar refractivity (Wildman–Crippen MR) is 79.0 cm³/mol. The van der Waals surface area contributed by atoms with Gasteiger partial charge >= 0.3 is 0 Å². The zero-order chi connectivity index (χ0) is 14.1. The zero-order valence-electron chi connectivity index (χ0n) is 12.1. The van der Waals surface area contributed by atoms with Crippen LogP contribution in [-0.2, 0) is 4.79 Å². The van der Waals surface area contributed by atoms with Crippen molar-refractivity contribution in [3.63, 3.8) is 0 Å². The summed E-state index contributed by atoms with van der Waals surface area (Å²) in [6.45, 7) is 7.32. The first kappa shape index (κ1) is 15.7. The van der Waals surface area contributed by atoms with E-state index in [-0.39, 0.29) is 11.9 Å². The van der Waals surface area contributed by atoms with Gasteiger partial charge in [0.05, 0.1) is 0 Å². The smallest absolute Gasteiger partial charge is 0.242 e. The Hall–Kier alpha value is -1.39. The lowest BCUT2D eigenvalue weighted by molar-refractivity contribution is -0.126. The molecule has 4 nitrogen and oxygen atoms in total. The van der Waals surface area contributed by atoms with Gasteiger partial charge in [0.15, 0.2) is 0 Å². The molecule has 1 atom stereocenters. The number of hydrogen-bond acceptors (Lipinski definition) is 3. The summed E-state index contributed by atoms with van der Waals surface area (Å²) in [6, 6.07) is 9.76. The van der Waals surface area contributed by atoms with Crippen LogP contribution in [0.3, 0.4) is 0 Å². The van der Waals surface area contributed by atoms with E-state index in [1.54, 1.807) is 0 Å². The molecule has 4 heteroatoms. The number of carbonyl (C=O) groups is 1. The van der Waals surface area contributed by atoms with Crippen molar-refractivity contribution < 1.29 is 4.79 Å². The molecular weight excluding hydrogens is 238 g/mol. The molecule has 0 aromatic heterocycles. The van der Waals surface area contributed by atoms with Gasteiger partial charge < -0.3 is 10.6 Å².